The lowest BCUT2D eigenvalue weighted by Crippen LogP contribution is -2.32. The molecule has 6 nitrogen and oxygen atoms in total. The fourth-order valence-corrected chi connectivity index (χ4v) is 2.74. The molecule has 0 aliphatic carbocycles. The van der Waals surface area contributed by atoms with Crippen LogP contribution in [0.3, 0.4) is 0 Å². The number of hydrogen-bond donors (Lipinski definition) is 2. The Hall–Kier alpha value is -3.41. The van der Waals surface area contributed by atoms with Gasteiger partial charge in [-0.15, -0.1) is 0 Å². The van der Waals surface area contributed by atoms with Crippen LogP contribution in [0.2, 0.25) is 0 Å². The smallest absolute Gasteiger partial charge is 0.290 e. The van der Waals surface area contributed by atoms with Gasteiger partial charge < -0.3 is 15.2 Å². The lowest BCUT2D eigenvalue weighted by molar-refractivity contribution is 0.0913. The first-order valence-electron chi connectivity index (χ1n) is 9.68. The largest absolute Gasteiger partial charge is 0.350 e. The van der Waals surface area contributed by atoms with Crippen molar-refractivity contribution in [1.29, 1.82) is 0 Å². The molecule has 1 atom stereocenters. The maximum atomic E-state index is 12.4. The van der Waals surface area contributed by atoms with E-state index in [2.05, 4.69) is 15.8 Å². The van der Waals surface area contributed by atoms with E-state index >= 15 is 0 Å². The highest BCUT2D eigenvalue weighted by Gasteiger charge is 2.14. The van der Waals surface area contributed by atoms with Crippen LogP contribution in [0.1, 0.15) is 52.3 Å². The highest BCUT2D eigenvalue weighted by atomic mass is 16.5. The number of aryl methyl sites for hydroxylation is 1. The van der Waals surface area contributed by atoms with Gasteiger partial charge in [0, 0.05) is 29.8 Å². The molecule has 1 unspecified atom stereocenters. The fraction of sp³-hybridized carbons (Fsp3) is 0.261. The summed E-state index contributed by atoms with van der Waals surface area (Å²) in [7, 11) is 0. The van der Waals surface area contributed by atoms with Crippen molar-refractivity contribution in [2.75, 3.05) is 0 Å². The molecule has 2 amide bonds. The van der Waals surface area contributed by atoms with E-state index in [-0.39, 0.29) is 30.2 Å². The molecule has 0 saturated carbocycles. The monoisotopic (exact) mass is 391 g/mol. The van der Waals surface area contributed by atoms with Gasteiger partial charge >= 0.3 is 0 Å². The Morgan fingerprint density at radius 3 is 2.55 bits per heavy atom. The van der Waals surface area contributed by atoms with E-state index in [0.29, 0.717) is 11.3 Å². The molecule has 0 spiro atoms. The van der Waals surface area contributed by atoms with E-state index < -0.39 is 0 Å². The lowest BCUT2D eigenvalue weighted by atomic mass is 10.1. The minimum absolute atomic E-state index is 0.111. The number of benzene rings is 2. The molecule has 29 heavy (non-hydrogen) atoms. The summed E-state index contributed by atoms with van der Waals surface area (Å²) in [5.74, 6) is -0.331. The van der Waals surface area contributed by atoms with Crippen LogP contribution in [-0.2, 0) is 6.54 Å². The minimum atomic E-state index is -0.356. The minimum Gasteiger partial charge on any atom is -0.350 e. The van der Waals surface area contributed by atoms with Gasteiger partial charge in [0.25, 0.3) is 11.8 Å². The molecule has 0 bridgehead atoms. The van der Waals surface area contributed by atoms with Gasteiger partial charge in [-0.25, -0.2) is 0 Å². The molecule has 150 valence electrons. The summed E-state index contributed by atoms with van der Waals surface area (Å²) in [6.45, 7) is 6.27. The first kappa shape index (κ1) is 20.3. The molecule has 2 N–H and O–H groups in total. The summed E-state index contributed by atoms with van der Waals surface area (Å²) in [5.41, 5.74) is 4.04. The molecule has 6 heteroatoms. The number of carbonyl (C=O) groups is 2. The summed E-state index contributed by atoms with van der Waals surface area (Å²) < 4.78 is 5.19. The number of hydrogen-bond acceptors (Lipinski definition) is 4. The molecule has 0 saturated heterocycles. The summed E-state index contributed by atoms with van der Waals surface area (Å²) in [5, 5.41) is 9.72. The van der Waals surface area contributed by atoms with Crippen LogP contribution < -0.4 is 10.6 Å². The number of rotatable bonds is 7. The van der Waals surface area contributed by atoms with Gasteiger partial charge in [-0.1, -0.05) is 54.0 Å². The molecule has 3 aromatic rings. The Labute approximate surface area is 170 Å². The van der Waals surface area contributed by atoms with E-state index in [0.717, 1.165) is 23.1 Å². The van der Waals surface area contributed by atoms with Crippen LogP contribution in [0.15, 0.2) is 59.1 Å². The first-order chi connectivity index (χ1) is 14.0. The Balaban J connectivity index is 1.62. The zero-order valence-corrected chi connectivity index (χ0v) is 16.9. The van der Waals surface area contributed by atoms with Gasteiger partial charge in [0.2, 0.25) is 5.76 Å². The molecule has 0 fully saturated rings. The number of amides is 2. The number of nitrogens with zero attached hydrogens (tertiary/aromatic N) is 1. The van der Waals surface area contributed by atoms with Gasteiger partial charge in [0.05, 0.1) is 0 Å². The van der Waals surface area contributed by atoms with Crippen molar-refractivity contribution < 1.29 is 14.1 Å². The standard InChI is InChI=1S/C23H25N3O3/c1-4-16(3)25-22(27)19-7-5-6-17(12-19)14-24-23(28)21-13-20(26-29-21)18-10-8-15(2)9-11-18/h5-13,16H,4,14H2,1-3H3,(H,24,28)(H,25,27). The first-order valence-corrected chi connectivity index (χ1v) is 9.68. The molecular formula is C23H25N3O3. The SMILES string of the molecule is CCC(C)NC(=O)c1cccc(CNC(=O)c2cc(-c3ccc(C)cc3)no2)c1. The van der Waals surface area contributed by atoms with Crippen LogP contribution in [-0.4, -0.2) is 23.0 Å². The van der Waals surface area contributed by atoms with E-state index in [1.54, 1.807) is 24.3 Å². The van der Waals surface area contributed by atoms with Crippen molar-refractivity contribution in [2.45, 2.75) is 39.8 Å². The quantitative estimate of drug-likeness (QED) is 0.635. The molecule has 0 aliphatic heterocycles. The van der Waals surface area contributed by atoms with Crippen molar-refractivity contribution in [3.63, 3.8) is 0 Å². The van der Waals surface area contributed by atoms with Gasteiger partial charge in [-0.05, 0) is 38.0 Å². The number of carbonyl (C=O) groups excluding carboxylic acids is 2. The average molecular weight is 391 g/mol. The highest BCUT2D eigenvalue weighted by molar-refractivity contribution is 5.94. The molecule has 3 rings (SSSR count). The topological polar surface area (TPSA) is 84.2 Å². The molecule has 0 aliphatic rings. The third-order valence-corrected chi connectivity index (χ3v) is 4.71. The van der Waals surface area contributed by atoms with Crippen LogP contribution >= 0.6 is 0 Å². The second-order valence-corrected chi connectivity index (χ2v) is 7.11. The molecule has 0 radical (unpaired) electrons. The van der Waals surface area contributed by atoms with Crippen LogP contribution in [0.25, 0.3) is 11.3 Å². The van der Waals surface area contributed by atoms with Crippen molar-refractivity contribution in [1.82, 2.24) is 15.8 Å². The molecular weight excluding hydrogens is 366 g/mol. The lowest BCUT2D eigenvalue weighted by Gasteiger charge is -2.12. The summed E-state index contributed by atoms with van der Waals surface area (Å²) in [6.07, 6.45) is 0.864. The maximum absolute atomic E-state index is 12.4. The van der Waals surface area contributed by atoms with Gasteiger partial charge in [0.15, 0.2) is 0 Å². The van der Waals surface area contributed by atoms with E-state index in [4.69, 9.17) is 4.52 Å². The van der Waals surface area contributed by atoms with Crippen molar-refractivity contribution >= 4 is 11.8 Å². The molecule has 2 aromatic carbocycles. The second kappa shape index (κ2) is 9.19. The zero-order chi connectivity index (χ0) is 20.8. The van der Waals surface area contributed by atoms with Crippen LogP contribution in [0, 0.1) is 6.92 Å². The predicted molar refractivity (Wildman–Crippen MR) is 112 cm³/mol. The zero-order valence-electron chi connectivity index (χ0n) is 16.9. The number of aromatic nitrogens is 1. The Kier molecular flexibility index (Phi) is 6.44. The van der Waals surface area contributed by atoms with Crippen molar-refractivity contribution in [2.24, 2.45) is 0 Å². The van der Waals surface area contributed by atoms with E-state index in [1.807, 2.05) is 51.1 Å². The Morgan fingerprint density at radius 1 is 1.07 bits per heavy atom. The van der Waals surface area contributed by atoms with Crippen LogP contribution in [0.4, 0.5) is 0 Å². The normalized spacial score (nSPS) is 11.7. The number of nitrogens with one attached hydrogen (secondary N) is 2. The molecule has 1 heterocycles. The summed E-state index contributed by atoms with van der Waals surface area (Å²) in [6, 6.07) is 16.8. The summed E-state index contributed by atoms with van der Waals surface area (Å²) in [4.78, 5) is 24.7. The van der Waals surface area contributed by atoms with Gasteiger partial charge in [-0.2, -0.15) is 0 Å². The van der Waals surface area contributed by atoms with Gasteiger partial charge in [0.1, 0.15) is 5.69 Å². The Morgan fingerprint density at radius 2 is 1.83 bits per heavy atom. The van der Waals surface area contributed by atoms with Crippen molar-refractivity contribution in [3.05, 3.63) is 77.0 Å². The summed E-state index contributed by atoms with van der Waals surface area (Å²) >= 11 is 0. The van der Waals surface area contributed by atoms with Crippen LogP contribution in [0.5, 0.6) is 0 Å². The van der Waals surface area contributed by atoms with Gasteiger partial charge in [-0.3, -0.25) is 9.59 Å². The van der Waals surface area contributed by atoms with Crippen molar-refractivity contribution in [3.8, 4) is 11.3 Å². The third kappa shape index (κ3) is 5.31. The fourth-order valence-electron chi connectivity index (χ4n) is 2.74. The predicted octanol–water partition coefficient (Wildman–Crippen LogP) is 4.11. The highest BCUT2D eigenvalue weighted by Crippen LogP contribution is 2.19. The Bertz CT molecular complexity index is 993. The molecule has 1 aromatic heterocycles. The van der Waals surface area contributed by atoms with E-state index in [9.17, 15) is 9.59 Å². The average Bonchev–Trinajstić information content (AvgIpc) is 3.23. The second-order valence-electron chi connectivity index (χ2n) is 7.11. The maximum Gasteiger partial charge on any atom is 0.290 e. The van der Waals surface area contributed by atoms with E-state index in [1.165, 1.54) is 0 Å². The third-order valence-electron chi connectivity index (χ3n) is 4.71.